The van der Waals surface area contributed by atoms with Crippen LogP contribution >= 0.6 is 0 Å². The summed E-state index contributed by atoms with van der Waals surface area (Å²) in [5, 5.41) is 2.91. The zero-order chi connectivity index (χ0) is 16.7. The van der Waals surface area contributed by atoms with Crippen LogP contribution in [0.4, 0.5) is 9.18 Å². The number of methoxy groups -OCH3 is 2. The van der Waals surface area contributed by atoms with Gasteiger partial charge >= 0.3 is 6.03 Å². The maximum Gasteiger partial charge on any atom is 0.317 e. The van der Waals surface area contributed by atoms with Crippen LogP contribution in [0.25, 0.3) is 0 Å². The lowest BCUT2D eigenvalue weighted by molar-refractivity contribution is 0.0895. The van der Waals surface area contributed by atoms with Crippen LogP contribution in [0.3, 0.4) is 0 Å². The molecular formula is C17H25FN2O3. The van der Waals surface area contributed by atoms with Crippen LogP contribution in [0.1, 0.15) is 24.5 Å². The van der Waals surface area contributed by atoms with Crippen molar-refractivity contribution in [3.05, 3.63) is 35.6 Å². The highest BCUT2D eigenvalue weighted by Crippen LogP contribution is 2.18. The van der Waals surface area contributed by atoms with Crippen molar-refractivity contribution < 1.29 is 18.7 Å². The highest BCUT2D eigenvalue weighted by Gasteiger charge is 2.24. The summed E-state index contributed by atoms with van der Waals surface area (Å²) in [5.41, 5.74) is 0.838. The van der Waals surface area contributed by atoms with Crippen molar-refractivity contribution in [1.29, 1.82) is 0 Å². The van der Waals surface area contributed by atoms with Gasteiger partial charge in [-0.25, -0.2) is 9.18 Å². The average molecular weight is 324 g/mol. The Hall–Kier alpha value is -1.66. The van der Waals surface area contributed by atoms with E-state index in [1.165, 1.54) is 12.1 Å². The lowest BCUT2D eigenvalue weighted by Crippen LogP contribution is -2.47. The molecule has 0 radical (unpaired) electrons. The number of likely N-dealkylation sites (tertiary alicyclic amines) is 1. The number of piperidine rings is 1. The van der Waals surface area contributed by atoms with Gasteiger partial charge in [-0.15, -0.1) is 0 Å². The van der Waals surface area contributed by atoms with E-state index in [9.17, 15) is 9.18 Å². The molecule has 0 unspecified atom stereocenters. The Bertz CT molecular complexity index is 493. The van der Waals surface area contributed by atoms with Crippen LogP contribution in [0.15, 0.2) is 24.3 Å². The highest BCUT2D eigenvalue weighted by atomic mass is 19.1. The minimum Gasteiger partial charge on any atom is -0.384 e. The number of ether oxygens (including phenoxy) is 2. The third-order valence-electron chi connectivity index (χ3n) is 4.17. The molecule has 1 aromatic carbocycles. The van der Waals surface area contributed by atoms with Gasteiger partial charge in [0.2, 0.25) is 0 Å². The molecule has 2 atom stereocenters. The summed E-state index contributed by atoms with van der Waals surface area (Å²) in [5.74, 6) is 0.111. The SMILES string of the molecule is COC[C@@H]1CCCN(C(=O)NC[C@@H](OC)c2ccc(F)cc2)C1. The molecule has 1 N–H and O–H groups in total. The number of halogens is 1. The first-order valence-corrected chi connectivity index (χ1v) is 7.94. The van der Waals surface area contributed by atoms with Gasteiger partial charge < -0.3 is 19.7 Å². The van der Waals surface area contributed by atoms with E-state index in [-0.39, 0.29) is 18.0 Å². The van der Waals surface area contributed by atoms with E-state index >= 15 is 0 Å². The molecule has 0 saturated carbocycles. The molecule has 128 valence electrons. The first-order chi connectivity index (χ1) is 11.1. The molecule has 1 aliphatic rings. The number of benzene rings is 1. The van der Waals surface area contributed by atoms with Crippen molar-refractivity contribution in [3.8, 4) is 0 Å². The van der Waals surface area contributed by atoms with Gasteiger partial charge in [0.05, 0.1) is 12.7 Å². The fraction of sp³-hybridized carbons (Fsp3) is 0.588. The topological polar surface area (TPSA) is 50.8 Å². The molecule has 6 heteroatoms. The minimum atomic E-state index is -0.292. The standard InChI is InChI=1S/C17H25FN2O3/c1-22-12-13-4-3-9-20(11-13)17(21)19-10-16(23-2)14-5-7-15(18)8-6-14/h5-8,13,16H,3-4,9-12H2,1-2H3,(H,19,21)/t13-,16-/m1/s1. The fourth-order valence-corrected chi connectivity index (χ4v) is 2.93. The van der Waals surface area contributed by atoms with Crippen LogP contribution in [0.2, 0.25) is 0 Å². The summed E-state index contributed by atoms with van der Waals surface area (Å²) in [7, 11) is 3.26. The van der Waals surface area contributed by atoms with Gasteiger partial charge in [-0.3, -0.25) is 0 Å². The van der Waals surface area contributed by atoms with Crippen molar-refractivity contribution in [3.63, 3.8) is 0 Å². The van der Waals surface area contributed by atoms with E-state index in [0.29, 0.717) is 25.6 Å². The predicted molar refractivity (Wildman–Crippen MR) is 85.7 cm³/mol. The third-order valence-corrected chi connectivity index (χ3v) is 4.17. The smallest absolute Gasteiger partial charge is 0.317 e. The zero-order valence-electron chi connectivity index (χ0n) is 13.8. The molecule has 0 aromatic heterocycles. The van der Waals surface area contributed by atoms with E-state index in [4.69, 9.17) is 9.47 Å². The van der Waals surface area contributed by atoms with Crippen molar-refractivity contribution in [1.82, 2.24) is 10.2 Å². The van der Waals surface area contributed by atoms with Crippen LogP contribution < -0.4 is 5.32 Å². The average Bonchev–Trinajstić information content (AvgIpc) is 2.57. The lowest BCUT2D eigenvalue weighted by Gasteiger charge is -2.32. The van der Waals surface area contributed by atoms with E-state index in [1.54, 1.807) is 26.4 Å². The second-order valence-corrected chi connectivity index (χ2v) is 5.87. The normalized spacial score (nSPS) is 19.4. The molecule has 1 heterocycles. The van der Waals surface area contributed by atoms with Gasteiger partial charge in [0.15, 0.2) is 0 Å². The Balaban J connectivity index is 1.85. The van der Waals surface area contributed by atoms with Crippen LogP contribution in [-0.4, -0.2) is 51.4 Å². The summed E-state index contributed by atoms with van der Waals surface area (Å²) in [6.45, 7) is 2.51. The molecule has 1 saturated heterocycles. The van der Waals surface area contributed by atoms with E-state index in [1.807, 2.05) is 4.90 Å². The van der Waals surface area contributed by atoms with Crippen molar-refractivity contribution >= 4 is 6.03 Å². The Labute approximate surface area is 136 Å². The van der Waals surface area contributed by atoms with Gasteiger partial charge in [0.1, 0.15) is 5.82 Å². The molecule has 23 heavy (non-hydrogen) atoms. The maximum absolute atomic E-state index is 13.0. The van der Waals surface area contributed by atoms with Gasteiger partial charge in [0.25, 0.3) is 0 Å². The summed E-state index contributed by atoms with van der Waals surface area (Å²) in [6, 6.07) is 6.04. The molecular weight excluding hydrogens is 299 g/mol. The second-order valence-electron chi connectivity index (χ2n) is 5.87. The van der Waals surface area contributed by atoms with E-state index in [2.05, 4.69) is 5.32 Å². The molecule has 1 fully saturated rings. The van der Waals surface area contributed by atoms with Gasteiger partial charge in [0, 0.05) is 39.8 Å². The molecule has 1 aromatic rings. The van der Waals surface area contributed by atoms with Crippen LogP contribution in [-0.2, 0) is 9.47 Å². The molecule has 0 aliphatic carbocycles. The maximum atomic E-state index is 13.0. The Morgan fingerprint density at radius 2 is 2.13 bits per heavy atom. The van der Waals surface area contributed by atoms with Gasteiger partial charge in [-0.2, -0.15) is 0 Å². The number of hydrogen-bond acceptors (Lipinski definition) is 3. The molecule has 1 aliphatic heterocycles. The first-order valence-electron chi connectivity index (χ1n) is 7.94. The Morgan fingerprint density at radius 1 is 1.39 bits per heavy atom. The molecule has 5 nitrogen and oxygen atoms in total. The number of rotatable bonds is 6. The van der Waals surface area contributed by atoms with Crippen molar-refractivity contribution in [2.24, 2.45) is 5.92 Å². The van der Waals surface area contributed by atoms with Crippen LogP contribution in [0, 0.1) is 11.7 Å². The quantitative estimate of drug-likeness (QED) is 0.875. The monoisotopic (exact) mass is 324 g/mol. The zero-order valence-corrected chi connectivity index (χ0v) is 13.8. The summed E-state index contributed by atoms with van der Waals surface area (Å²) in [4.78, 5) is 14.1. The van der Waals surface area contributed by atoms with E-state index in [0.717, 1.165) is 24.9 Å². The van der Waals surface area contributed by atoms with Gasteiger partial charge in [-0.05, 0) is 30.5 Å². The Morgan fingerprint density at radius 3 is 2.78 bits per heavy atom. The number of carbonyl (C=O) groups is 1. The summed E-state index contributed by atoms with van der Waals surface area (Å²) in [6.07, 6.45) is 1.79. The molecule has 2 amide bonds. The number of hydrogen-bond donors (Lipinski definition) is 1. The fourth-order valence-electron chi connectivity index (χ4n) is 2.93. The first kappa shape index (κ1) is 17.7. The highest BCUT2D eigenvalue weighted by molar-refractivity contribution is 5.74. The summed E-state index contributed by atoms with van der Waals surface area (Å²) < 4.78 is 23.6. The van der Waals surface area contributed by atoms with Crippen molar-refractivity contribution in [2.45, 2.75) is 18.9 Å². The molecule has 0 bridgehead atoms. The van der Waals surface area contributed by atoms with Gasteiger partial charge in [-0.1, -0.05) is 12.1 Å². The molecule has 0 spiro atoms. The molecule has 2 rings (SSSR count). The van der Waals surface area contributed by atoms with Crippen molar-refractivity contribution in [2.75, 3.05) is 40.5 Å². The number of nitrogens with one attached hydrogen (secondary N) is 1. The minimum absolute atomic E-state index is 0.0880. The van der Waals surface area contributed by atoms with E-state index < -0.39 is 0 Å². The second kappa shape index (κ2) is 8.84. The third kappa shape index (κ3) is 5.18. The summed E-state index contributed by atoms with van der Waals surface area (Å²) >= 11 is 0. The van der Waals surface area contributed by atoms with Crippen LogP contribution in [0.5, 0.6) is 0 Å². The number of amides is 2. The lowest BCUT2D eigenvalue weighted by atomic mass is 9.99. The predicted octanol–water partition coefficient (Wildman–Crippen LogP) is 2.58. The largest absolute Gasteiger partial charge is 0.384 e. The Kier molecular flexibility index (Phi) is 6.80. The number of carbonyl (C=O) groups excluding carboxylic acids is 1. The number of nitrogens with zero attached hydrogens (tertiary/aromatic N) is 1. The number of urea groups is 1.